The van der Waals surface area contributed by atoms with Crippen LogP contribution in [-0.4, -0.2) is 6.54 Å². The topological polar surface area (TPSA) is 26.0 Å². The molecule has 0 saturated heterocycles. The highest BCUT2D eigenvalue weighted by Crippen LogP contribution is 2.29. The molecule has 2 N–H and O–H groups in total. The Morgan fingerprint density at radius 3 is 1.85 bits per heavy atom. The van der Waals surface area contributed by atoms with Gasteiger partial charge in [-0.25, -0.2) is 13.2 Å². The Hall–Kier alpha value is -1.38. The molecule has 0 heterocycles. The lowest BCUT2D eigenvalue weighted by molar-refractivity contribution is 0.574. The largest absolute Gasteiger partial charge is 0.330 e. The van der Waals surface area contributed by atoms with Gasteiger partial charge >= 0.3 is 0 Å². The predicted octanol–water partition coefficient (Wildman–Crippen LogP) is 3.09. The minimum atomic E-state index is -0.649. The minimum absolute atomic E-state index is 0.333. The first-order valence-electron chi connectivity index (χ1n) is 6.21. The van der Waals surface area contributed by atoms with Gasteiger partial charge in [0.05, 0.1) is 0 Å². The quantitative estimate of drug-likeness (QED) is 0.862. The maximum atomic E-state index is 13.5. The molecule has 5 heteroatoms. The zero-order valence-corrected chi connectivity index (χ0v) is 11.9. The van der Waals surface area contributed by atoms with Crippen molar-refractivity contribution in [1.29, 1.82) is 0 Å². The van der Waals surface area contributed by atoms with Crippen LogP contribution in [0.25, 0.3) is 0 Å². The zero-order valence-electron chi connectivity index (χ0n) is 10.7. The lowest BCUT2D eigenvalue weighted by Gasteiger charge is -2.18. The summed E-state index contributed by atoms with van der Waals surface area (Å²) in [5, 5.41) is 0.680. The van der Waals surface area contributed by atoms with E-state index in [0.29, 0.717) is 29.4 Å². The van der Waals surface area contributed by atoms with Gasteiger partial charge in [0, 0.05) is 12.0 Å². The second kappa shape index (κ2) is 6.38. The SMILES string of the molecule is NCCC(c1cc(F)cc(F)c1)c1cc(F)cc(P)c1. The first kappa shape index (κ1) is 15.0. The summed E-state index contributed by atoms with van der Waals surface area (Å²) in [6, 6.07) is 7.86. The highest BCUT2D eigenvalue weighted by Gasteiger charge is 2.16. The average molecular weight is 297 g/mol. The molecule has 0 fully saturated rings. The second-order valence-corrected chi connectivity index (χ2v) is 5.32. The average Bonchev–Trinajstić information content (AvgIpc) is 2.33. The predicted molar refractivity (Wildman–Crippen MR) is 77.6 cm³/mol. The van der Waals surface area contributed by atoms with Crippen LogP contribution in [0.15, 0.2) is 36.4 Å². The van der Waals surface area contributed by atoms with Crippen molar-refractivity contribution in [2.45, 2.75) is 12.3 Å². The van der Waals surface area contributed by atoms with Gasteiger partial charge in [-0.1, -0.05) is 6.07 Å². The van der Waals surface area contributed by atoms with Crippen molar-refractivity contribution in [1.82, 2.24) is 0 Å². The minimum Gasteiger partial charge on any atom is -0.330 e. The van der Waals surface area contributed by atoms with Crippen LogP contribution in [0.4, 0.5) is 13.2 Å². The van der Waals surface area contributed by atoms with E-state index in [2.05, 4.69) is 9.24 Å². The van der Waals surface area contributed by atoms with Gasteiger partial charge in [0.2, 0.25) is 0 Å². The molecule has 2 atom stereocenters. The first-order chi connectivity index (χ1) is 9.49. The number of benzene rings is 2. The van der Waals surface area contributed by atoms with E-state index in [0.717, 1.165) is 6.07 Å². The van der Waals surface area contributed by atoms with Crippen molar-refractivity contribution in [3.63, 3.8) is 0 Å². The molecule has 0 radical (unpaired) electrons. The van der Waals surface area contributed by atoms with Crippen molar-refractivity contribution < 1.29 is 13.2 Å². The monoisotopic (exact) mass is 297 g/mol. The maximum Gasteiger partial charge on any atom is 0.126 e. The lowest BCUT2D eigenvalue weighted by atomic mass is 9.88. The molecule has 2 rings (SSSR count). The second-order valence-electron chi connectivity index (χ2n) is 4.65. The highest BCUT2D eigenvalue weighted by atomic mass is 31.0. The standard InChI is InChI=1S/C15H15F3NP/c16-11-3-9(4-12(17)7-11)15(1-2-19)10-5-13(18)8-14(20)6-10/h3-8,15H,1-2,19-20H2. The van der Waals surface area contributed by atoms with Gasteiger partial charge in [-0.2, -0.15) is 0 Å². The molecule has 2 aromatic rings. The summed E-state index contributed by atoms with van der Waals surface area (Å²) in [5.74, 6) is -2.01. The molecular formula is C15H15F3NP. The van der Waals surface area contributed by atoms with E-state index in [1.54, 1.807) is 6.07 Å². The van der Waals surface area contributed by atoms with Crippen molar-refractivity contribution in [2.24, 2.45) is 5.73 Å². The van der Waals surface area contributed by atoms with Crippen LogP contribution in [0.3, 0.4) is 0 Å². The smallest absolute Gasteiger partial charge is 0.126 e. The molecule has 0 aliphatic carbocycles. The first-order valence-corrected chi connectivity index (χ1v) is 6.79. The highest BCUT2D eigenvalue weighted by molar-refractivity contribution is 7.27. The third-order valence-electron chi connectivity index (χ3n) is 3.09. The van der Waals surface area contributed by atoms with Crippen molar-refractivity contribution in [3.05, 3.63) is 65.0 Å². The summed E-state index contributed by atoms with van der Waals surface area (Å²) in [5.41, 5.74) is 6.69. The van der Waals surface area contributed by atoms with Crippen molar-refractivity contribution >= 4 is 14.5 Å². The summed E-state index contributed by atoms with van der Waals surface area (Å²) >= 11 is 0. The molecule has 0 aromatic heterocycles. The molecule has 1 nitrogen and oxygen atoms in total. The molecule has 0 aliphatic heterocycles. The Morgan fingerprint density at radius 2 is 1.35 bits per heavy atom. The molecular weight excluding hydrogens is 282 g/mol. The van der Waals surface area contributed by atoms with Crippen LogP contribution in [-0.2, 0) is 0 Å². The van der Waals surface area contributed by atoms with Crippen LogP contribution in [0.1, 0.15) is 23.5 Å². The third kappa shape index (κ3) is 3.59. The summed E-state index contributed by atoms with van der Waals surface area (Å²) in [6.07, 6.45) is 0.483. The van der Waals surface area contributed by atoms with E-state index in [9.17, 15) is 13.2 Å². The van der Waals surface area contributed by atoms with Crippen molar-refractivity contribution in [3.8, 4) is 0 Å². The van der Waals surface area contributed by atoms with Gasteiger partial charge in [0.25, 0.3) is 0 Å². The van der Waals surface area contributed by atoms with E-state index in [4.69, 9.17) is 5.73 Å². The van der Waals surface area contributed by atoms with E-state index in [1.165, 1.54) is 24.3 Å². The van der Waals surface area contributed by atoms with Crippen LogP contribution in [0, 0.1) is 17.5 Å². The number of rotatable bonds is 4. The summed E-state index contributed by atoms with van der Waals surface area (Å²) in [6.45, 7) is 0.339. The molecule has 0 spiro atoms. The van der Waals surface area contributed by atoms with E-state index in [-0.39, 0.29) is 11.7 Å². The number of nitrogens with two attached hydrogens (primary N) is 1. The fourth-order valence-electron chi connectivity index (χ4n) is 2.31. The van der Waals surface area contributed by atoms with Gasteiger partial charge in [0.15, 0.2) is 0 Å². The lowest BCUT2D eigenvalue weighted by Crippen LogP contribution is -2.11. The molecule has 0 amide bonds. The fourth-order valence-corrected chi connectivity index (χ4v) is 2.66. The van der Waals surface area contributed by atoms with Gasteiger partial charge < -0.3 is 5.73 Å². The van der Waals surface area contributed by atoms with Crippen LogP contribution < -0.4 is 11.0 Å². The Bertz CT molecular complexity index is 524. The number of halogens is 3. The molecule has 20 heavy (non-hydrogen) atoms. The molecule has 0 saturated carbocycles. The van der Waals surface area contributed by atoms with E-state index < -0.39 is 11.6 Å². The van der Waals surface area contributed by atoms with Crippen LogP contribution >= 0.6 is 9.24 Å². The summed E-state index contributed by atoms with van der Waals surface area (Å²) in [7, 11) is 2.42. The number of hydrogen-bond donors (Lipinski definition) is 1. The zero-order chi connectivity index (χ0) is 14.7. The molecule has 0 bridgehead atoms. The van der Waals surface area contributed by atoms with Crippen LogP contribution in [0.2, 0.25) is 0 Å². The third-order valence-corrected chi connectivity index (χ3v) is 3.42. The Labute approximate surface area is 118 Å². The Morgan fingerprint density at radius 1 is 0.850 bits per heavy atom. The normalized spacial score (nSPS) is 12.4. The van der Waals surface area contributed by atoms with E-state index >= 15 is 0 Å². The van der Waals surface area contributed by atoms with Gasteiger partial charge in [-0.15, -0.1) is 9.24 Å². The molecule has 2 aromatic carbocycles. The Kier molecular flexibility index (Phi) is 4.79. The fraction of sp³-hybridized carbons (Fsp3) is 0.200. The molecule has 0 aliphatic rings. The van der Waals surface area contributed by atoms with Crippen LogP contribution in [0.5, 0.6) is 0 Å². The van der Waals surface area contributed by atoms with Gasteiger partial charge in [-0.3, -0.25) is 0 Å². The van der Waals surface area contributed by atoms with E-state index in [1.807, 2.05) is 0 Å². The van der Waals surface area contributed by atoms with Crippen molar-refractivity contribution in [2.75, 3.05) is 6.54 Å². The Balaban J connectivity index is 2.49. The van der Waals surface area contributed by atoms with Gasteiger partial charge in [-0.05, 0) is 53.7 Å². The summed E-state index contributed by atoms with van der Waals surface area (Å²) in [4.78, 5) is 0. The summed E-state index contributed by atoms with van der Waals surface area (Å²) < 4.78 is 40.2. The number of hydrogen-bond acceptors (Lipinski definition) is 1. The maximum absolute atomic E-state index is 13.5. The van der Waals surface area contributed by atoms with Gasteiger partial charge in [0.1, 0.15) is 17.5 Å². The molecule has 2 unspecified atom stereocenters. The molecule has 106 valence electrons.